The van der Waals surface area contributed by atoms with E-state index in [1.54, 1.807) is 0 Å². The van der Waals surface area contributed by atoms with Crippen molar-refractivity contribution in [1.29, 1.82) is 0 Å². The van der Waals surface area contributed by atoms with Crippen molar-refractivity contribution in [3.05, 3.63) is 36.5 Å². The molecule has 0 radical (unpaired) electrons. The van der Waals surface area contributed by atoms with Crippen LogP contribution in [0, 0.1) is 0 Å². The van der Waals surface area contributed by atoms with Crippen molar-refractivity contribution >= 4 is 5.97 Å². The summed E-state index contributed by atoms with van der Waals surface area (Å²) in [6.07, 6.45) is 19.9. The Hall–Kier alpha value is -1.39. The molecule has 0 saturated carbocycles. The average molecular weight is 336 g/mol. The summed E-state index contributed by atoms with van der Waals surface area (Å²) in [7, 11) is 0. The van der Waals surface area contributed by atoms with Gasteiger partial charge in [0.2, 0.25) is 0 Å². The van der Waals surface area contributed by atoms with Gasteiger partial charge >= 0.3 is 5.97 Å². The summed E-state index contributed by atoms with van der Waals surface area (Å²) in [4.78, 5) is 10.3. The predicted octanol–water partition coefficient (Wildman–Crippen LogP) is 4.40. The highest BCUT2D eigenvalue weighted by atomic mass is 16.6. The molecule has 0 aromatic rings. The van der Waals surface area contributed by atoms with E-state index in [0.29, 0.717) is 6.42 Å². The molecule has 136 valence electrons. The third-order valence-corrected chi connectivity index (χ3v) is 4.01. The summed E-state index contributed by atoms with van der Waals surface area (Å²) in [5.41, 5.74) is 0. The van der Waals surface area contributed by atoms with Gasteiger partial charge in [-0.05, 0) is 32.1 Å². The van der Waals surface area contributed by atoms with Gasteiger partial charge in [-0.1, -0.05) is 62.6 Å². The van der Waals surface area contributed by atoms with Gasteiger partial charge in [-0.3, -0.25) is 4.79 Å². The molecular formula is C20H32O4. The van der Waals surface area contributed by atoms with Crippen LogP contribution in [0.15, 0.2) is 36.5 Å². The van der Waals surface area contributed by atoms with Crippen LogP contribution in [0.3, 0.4) is 0 Å². The van der Waals surface area contributed by atoms with Crippen molar-refractivity contribution in [3.63, 3.8) is 0 Å². The lowest BCUT2D eigenvalue weighted by atomic mass is 10.1. The highest BCUT2D eigenvalue weighted by molar-refractivity contribution is 5.66. The molecule has 1 saturated heterocycles. The SMILES string of the molecule is CCCCC[C@H](O)[C@H]1O[C@H]1/C=C\C/C=C\C/C=C\CCCC(=O)O. The van der Waals surface area contributed by atoms with Gasteiger partial charge in [0, 0.05) is 6.42 Å². The molecule has 2 N–H and O–H groups in total. The molecule has 0 unspecified atom stereocenters. The van der Waals surface area contributed by atoms with E-state index in [1.807, 2.05) is 12.2 Å². The Morgan fingerprint density at radius 2 is 1.79 bits per heavy atom. The van der Waals surface area contributed by atoms with Gasteiger partial charge in [-0.2, -0.15) is 0 Å². The summed E-state index contributed by atoms with van der Waals surface area (Å²) in [6, 6.07) is 0. The Morgan fingerprint density at radius 3 is 2.50 bits per heavy atom. The van der Waals surface area contributed by atoms with Crippen LogP contribution in [-0.4, -0.2) is 34.5 Å². The first kappa shape index (κ1) is 20.7. The van der Waals surface area contributed by atoms with Gasteiger partial charge in [-0.15, -0.1) is 0 Å². The summed E-state index contributed by atoms with van der Waals surface area (Å²) >= 11 is 0. The van der Waals surface area contributed by atoms with E-state index in [9.17, 15) is 9.90 Å². The molecule has 0 aromatic carbocycles. The van der Waals surface area contributed by atoms with Gasteiger partial charge in [0.25, 0.3) is 0 Å². The fourth-order valence-corrected chi connectivity index (χ4v) is 2.52. The van der Waals surface area contributed by atoms with Crippen molar-refractivity contribution in [1.82, 2.24) is 0 Å². The molecule has 4 nitrogen and oxygen atoms in total. The van der Waals surface area contributed by atoms with Gasteiger partial charge < -0.3 is 14.9 Å². The van der Waals surface area contributed by atoms with Crippen molar-refractivity contribution in [2.24, 2.45) is 0 Å². The number of ether oxygens (including phenoxy) is 1. The minimum Gasteiger partial charge on any atom is -0.481 e. The van der Waals surface area contributed by atoms with Crippen LogP contribution in [0.4, 0.5) is 0 Å². The summed E-state index contributed by atoms with van der Waals surface area (Å²) in [5, 5.41) is 18.5. The molecule has 1 aliphatic rings. The van der Waals surface area contributed by atoms with E-state index < -0.39 is 5.97 Å². The maximum atomic E-state index is 10.3. The Bertz CT molecular complexity index is 425. The number of hydrogen-bond acceptors (Lipinski definition) is 3. The fourth-order valence-electron chi connectivity index (χ4n) is 2.52. The first-order valence-electron chi connectivity index (χ1n) is 9.17. The third-order valence-electron chi connectivity index (χ3n) is 4.01. The number of carboxylic acid groups (broad SMARTS) is 1. The number of carboxylic acids is 1. The normalized spacial score (nSPS) is 21.9. The fraction of sp³-hybridized carbons (Fsp3) is 0.650. The van der Waals surface area contributed by atoms with Crippen molar-refractivity contribution in [2.45, 2.75) is 83.0 Å². The number of allylic oxidation sites excluding steroid dienone is 5. The van der Waals surface area contributed by atoms with E-state index in [-0.39, 0.29) is 24.7 Å². The van der Waals surface area contributed by atoms with Crippen LogP contribution in [0.5, 0.6) is 0 Å². The maximum Gasteiger partial charge on any atom is 0.303 e. The number of carbonyl (C=O) groups is 1. The Morgan fingerprint density at radius 1 is 1.08 bits per heavy atom. The first-order valence-corrected chi connectivity index (χ1v) is 9.17. The molecule has 0 aromatic heterocycles. The third kappa shape index (κ3) is 10.4. The number of aliphatic carboxylic acids is 1. The maximum absolute atomic E-state index is 10.3. The molecule has 1 heterocycles. The second-order valence-electron chi connectivity index (χ2n) is 6.26. The standard InChI is InChI=1S/C20H32O4/c1-2-3-11-14-17(21)20-18(24-20)15-12-9-7-5-4-6-8-10-13-16-19(22)23/h5-8,12,15,17-18,20-21H,2-4,9-11,13-14,16H2,1H3,(H,22,23)/b7-5-,8-6-,15-12-/t17-,18-,20+/m0/s1. The molecule has 1 aliphatic heterocycles. The van der Waals surface area contributed by atoms with E-state index in [4.69, 9.17) is 9.84 Å². The number of unbranched alkanes of at least 4 members (excludes halogenated alkanes) is 3. The smallest absolute Gasteiger partial charge is 0.303 e. The monoisotopic (exact) mass is 336 g/mol. The summed E-state index contributed by atoms with van der Waals surface area (Å²) in [6.45, 7) is 2.16. The van der Waals surface area contributed by atoms with E-state index in [1.165, 1.54) is 12.8 Å². The minimum absolute atomic E-state index is 0.00387. The van der Waals surface area contributed by atoms with Gasteiger partial charge in [0.05, 0.1) is 6.10 Å². The number of epoxide rings is 1. The molecule has 0 amide bonds. The second kappa shape index (κ2) is 13.0. The summed E-state index contributed by atoms with van der Waals surface area (Å²) in [5.74, 6) is -0.731. The van der Waals surface area contributed by atoms with Crippen molar-refractivity contribution in [3.8, 4) is 0 Å². The van der Waals surface area contributed by atoms with Gasteiger partial charge in [-0.25, -0.2) is 0 Å². The highest BCUT2D eigenvalue weighted by Gasteiger charge is 2.41. The van der Waals surface area contributed by atoms with Crippen LogP contribution in [0.1, 0.15) is 64.7 Å². The number of aliphatic hydroxyl groups excluding tert-OH is 1. The van der Waals surface area contributed by atoms with E-state index in [0.717, 1.165) is 32.1 Å². The molecule has 3 atom stereocenters. The lowest BCUT2D eigenvalue weighted by Crippen LogP contribution is -2.16. The largest absolute Gasteiger partial charge is 0.481 e. The lowest BCUT2D eigenvalue weighted by molar-refractivity contribution is -0.137. The average Bonchev–Trinajstić information content (AvgIpc) is 3.32. The van der Waals surface area contributed by atoms with Crippen LogP contribution < -0.4 is 0 Å². The van der Waals surface area contributed by atoms with Crippen molar-refractivity contribution < 1.29 is 19.7 Å². The molecule has 0 spiro atoms. The van der Waals surface area contributed by atoms with Crippen molar-refractivity contribution in [2.75, 3.05) is 0 Å². The molecule has 1 fully saturated rings. The van der Waals surface area contributed by atoms with Gasteiger partial charge in [0.15, 0.2) is 0 Å². The first-order chi connectivity index (χ1) is 11.6. The Balaban J connectivity index is 2.00. The Labute approximate surface area is 145 Å². The molecule has 24 heavy (non-hydrogen) atoms. The zero-order chi connectivity index (χ0) is 17.6. The lowest BCUT2D eigenvalue weighted by Gasteiger charge is -2.05. The van der Waals surface area contributed by atoms with Crippen LogP contribution in [0.2, 0.25) is 0 Å². The van der Waals surface area contributed by atoms with E-state index in [2.05, 4.69) is 31.2 Å². The topological polar surface area (TPSA) is 70.1 Å². The zero-order valence-electron chi connectivity index (χ0n) is 14.8. The highest BCUT2D eigenvalue weighted by Crippen LogP contribution is 2.29. The molecule has 0 aliphatic carbocycles. The number of aliphatic hydroxyl groups is 1. The quantitative estimate of drug-likeness (QED) is 0.280. The van der Waals surface area contributed by atoms with Crippen LogP contribution >= 0.6 is 0 Å². The van der Waals surface area contributed by atoms with Crippen LogP contribution in [0.25, 0.3) is 0 Å². The molecular weight excluding hydrogens is 304 g/mol. The second-order valence-corrected chi connectivity index (χ2v) is 6.26. The van der Waals surface area contributed by atoms with Crippen LogP contribution in [-0.2, 0) is 9.53 Å². The molecule has 4 heteroatoms. The summed E-state index contributed by atoms with van der Waals surface area (Å²) < 4.78 is 5.50. The zero-order valence-corrected chi connectivity index (χ0v) is 14.8. The van der Waals surface area contributed by atoms with E-state index >= 15 is 0 Å². The predicted molar refractivity (Wildman–Crippen MR) is 97.0 cm³/mol. The molecule has 1 rings (SSSR count). The number of rotatable bonds is 14. The Kier molecular flexibility index (Phi) is 11.2. The number of hydrogen-bond donors (Lipinski definition) is 2. The molecule has 0 bridgehead atoms. The minimum atomic E-state index is -0.731. The van der Waals surface area contributed by atoms with Gasteiger partial charge in [0.1, 0.15) is 12.2 Å².